The molecule has 0 aliphatic rings. The van der Waals surface area contributed by atoms with E-state index in [9.17, 15) is 4.39 Å². The Morgan fingerprint density at radius 3 is 2.89 bits per heavy atom. The van der Waals surface area contributed by atoms with Gasteiger partial charge in [0, 0.05) is 30.7 Å². The molecule has 1 aromatic heterocycles. The SMILES string of the molecule is COCCc1ccccc1Nc1ccnc(F)c1. The molecule has 0 saturated heterocycles. The molecule has 0 saturated carbocycles. The van der Waals surface area contributed by atoms with Crippen LogP contribution in [0.4, 0.5) is 15.8 Å². The number of rotatable bonds is 5. The molecule has 0 radical (unpaired) electrons. The van der Waals surface area contributed by atoms with Crippen LogP contribution in [-0.2, 0) is 11.2 Å². The normalized spacial score (nSPS) is 10.3. The van der Waals surface area contributed by atoms with Crippen molar-refractivity contribution in [1.29, 1.82) is 0 Å². The number of anilines is 2. The van der Waals surface area contributed by atoms with Crippen molar-refractivity contribution >= 4 is 11.4 Å². The van der Waals surface area contributed by atoms with E-state index in [4.69, 9.17) is 4.74 Å². The number of para-hydroxylation sites is 1. The molecule has 18 heavy (non-hydrogen) atoms. The van der Waals surface area contributed by atoms with Gasteiger partial charge in [-0.2, -0.15) is 4.39 Å². The van der Waals surface area contributed by atoms with Crippen LogP contribution >= 0.6 is 0 Å². The van der Waals surface area contributed by atoms with E-state index in [0.29, 0.717) is 12.3 Å². The van der Waals surface area contributed by atoms with Gasteiger partial charge in [-0.25, -0.2) is 4.98 Å². The highest BCUT2D eigenvalue weighted by Crippen LogP contribution is 2.21. The van der Waals surface area contributed by atoms with Gasteiger partial charge in [-0.15, -0.1) is 0 Å². The number of pyridine rings is 1. The zero-order chi connectivity index (χ0) is 12.8. The third-order valence-electron chi connectivity index (χ3n) is 2.60. The molecule has 0 aliphatic heterocycles. The van der Waals surface area contributed by atoms with Crippen LogP contribution < -0.4 is 5.32 Å². The summed E-state index contributed by atoms with van der Waals surface area (Å²) >= 11 is 0. The van der Waals surface area contributed by atoms with Crippen molar-refractivity contribution in [1.82, 2.24) is 4.98 Å². The predicted molar refractivity (Wildman–Crippen MR) is 69.5 cm³/mol. The van der Waals surface area contributed by atoms with Crippen molar-refractivity contribution in [3.05, 3.63) is 54.1 Å². The number of aromatic nitrogens is 1. The Labute approximate surface area is 106 Å². The fourth-order valence-electron chi connectivity index (χ4n) is 1.71. The molecule has 2 rings (SSSR count). The average molecular weight is 246 g/mol. The monoisotopic (exact) mass is 246 g/mol. The van der Waals surface area contributed by atoms with E-state index in [1.54, 1.807) is 13.2 Å². The van der Waals surface area contributed by atoms with Gasteiger partial charge in [-0.05, 0) is 24.1 Å². The highest BCUT2D eigenvalue weighted by molar-refractivity contribution is 5.62. The van der Waals surface area contributed by atoms with Crippen LogP contribution in [0.5, 0.6) is 0 Å². The lowest BCUT2D eigenvalue weighted by molar-refractivity contribution is 0.202. The van der Waals surface area contributed by atoms with E-state index in [-0.39, 0.29) is 0 Å². The van der Waals surface area contributed by atoms with Gasteiger partial charge in [0.25, 0.3) is 0 Å². The molecule has 0 atom stereocenters. The van der Waals surface area contributed by atoms with Crippen LogP contribution in [0.15, 0.2) is 42.6 Å². The number of ether oxygens (including phenoxy) is 1. The maximum atomic E-state index is 13.0. The van der Waals surface area contributed by atoms with Crippen molar-refractivity contribution in [2.24, 2.45) is 0 Å². The Morgan fingerprint density at radius 1 is 1.28 bits per heavy atom. The molecule has 0 unspecified atom stereocenters. The van der Waals surface area contributed by atoms with Crippen molar-refractivity contribution < 1.29 is 9.13 Å². The minimum atomic E-state index is -0.491. The van der Waals surface area contributed by atoms with E-state index in [0.717, 1.165) is 17.7 Å². The predicted octanol–water partition coefficient (Wildman–Crippen LogP) is 3.15. The second-order valence-electron chi connectivity index (χ2n) is 3.89. The van der Waals surface area contributed by atoms with Crippen molar-refractivity contribution in [2.45, 2.75) is 6.42 Å². The highest BCUT2D eigenvalue weighted by Gasteiger charge is 2.03. The van der Waals surface area contributed by atoms with Gasteiger partial charge in [-0.1, -0.05) is 18.2 Å². The van der Waals surface area contributed by atoms with E-state index < -0.39 is 5.95 Å². The van der Waals surface area contributed by atoms with Crippen LogP contribution in [0.3, 0.4) is 0 Å². The van der Waals surface area contributed by atoms with Crippen LogP contribution in [0.1, 0.15) is 5.56 Å². The molecule has 0 spiro atoms. The summed E-state index contributed by atoms with van der Waals surface area (Å²) < 4.78 is 18.1. The fourth-order valence-corrected chi connectivity index (χ4v) is 1.71. The lowest BCUT2D eigenvalue weighted by Crippen LogP contribution is -2.00. The zero-order valence-corrected chi connectivity index (χ0v) is 10.2. The molecule has 4 heteroatoms. The Balaban J connectivity index is 2.17. The molecule has 0 fully saturated rings. The zero-order valence-electron chi connectivity index (χ0n) is 10.2. The van der Waals surface area contributed by atoms with Crippen LogP contribution in [0, 0.1) is 5.95 Å². The highest BCUT2D eigenvalue weighted by atomic mass is 19.1. The summed E-state index contributed by atoms with van der Waals surface area (Å²) in [5, 5.41) is 3.19. The minimum Gasteiger partial charge on any atom is -0.384 e. The summed E-state index contributed by atoms with van der Waals surface area (Å²) in [6.07, 6.45) is 2.25. The number of hydrogen-bond donors (Lipinski definition) is 1. The summed E-state index contributed by atoms with van der Waals surface area (Å²) in [5.41, 5.74) is 2.78. The van der Waals surface area contributed by atoms with Gasteiger partial charge < -0.3 is 10.1 Å². The summed E-state index contributed by atoms with van der Waals surface area (Å²) in [7, 11) is 1.67. The molecule has 1 heterocycles. The topological polar surface area (TPSA) is 34.1 Å². The maximum Gasteiger partial charge on any atom is 0.214 e. The number of methoxy groups -OCH3 is 1. The summed E-state index contributed by atoms with van der Waals surface area (Å²) in [6, 6.07) is 11.0. The number of nitrogens with one attached hydrogen (secondary N) is 1. The summed E-state index contributed by atoms with van der Waals surface area (Å²) in [5.74, 6) is -0.491. The van der Waals surface area contributed by atoms with Gasteiger partial charge in [0.15, 0.2) is 0 Å². The van der Waals surface area contributed by atoms with Crippen LogP contribution in [0.2, 0.25) is 0 Å². The largest absolute Gasteiger partial charge is 0.384 e. The molecule has 0 bridgehead atoms. The molecule has 0 aliphatic carbocycles. The number of benzene rings is 1. The first kappa shape index (κ1) is 12.5. The molecule has 3 nitrogen and oxygen atoms in total. The Bertz CT molecular complexity index is 517. The van der Waals surface area contributed by atoms with Crippen LogP contribution in [0.25, 0.3) is 0 Å². The standard InChI is InChI=1S/C14H15FN2O/c1-18-9-7-11-4-2-3-5-13(11)17-12-6-8-16-14(15)10-12/h2-6,8,10H,7,9H2,1H3,(H,16,17). The third kappa shape index (κ3) is 3.28. The lowest BCUT2D eigenvalue weighted by Gasteiger charge is -2.11. The number of nitrogens with zero attached hydrogens (tertiary/aromatic N) is 1. The van der Waals surface area contributed by atoms with Gasteiger partial charge in [-0.3, -0.25) is 0 Å². The summed E-state index contributed by atoms with van der Waals surface area (Å²) in [6.45, 7) is 0.656. The van der Waals surface area contributed by atoms with E-state index in [2.05, 4.69) is 10.3 Å². The first-order valence-electron chi connectivity index (χ1n) is 5.75. The Kier molecular flexibility index (Phi) is 4.25. The Hall–Kier alpha value is -1.94. The van der Waals surface area contributed by atoms with Gasteiger partial charge in [0.1, 0.15) is 0 Å². The molecule has 1 aromatic carbocycles. The first-order chi connectivity index (χ1) is 8.79. The van der Waals surface area contributed by atoms with Gasteiger partial charge >= 0.3 is 0 Å². The quantitative estimate of drug-likeness (QED) is 0.823. The van der Waals surface area contributed by atoms with Crippen molar-refractivity contribution in [2.75, 3.05) is 19.0 Å². The number of hydrogen-bond acceptors (Lipinski definition) is 3. The Morgan fingerprint density at radius 2 is 2.11 bits per heavy atom. The van der Waals surface area contributed by atoms with E-state index in [1.165, 1.54) is 12.3 Å². The smallest absolute Gasteiger partial charge is 0.214 e. The van der Waals surface area contributed by atoms with E-state index in [1.807, 2.05) is 24.3 Å². The third-order valence-corrected chi connectivity index (χ3v) is 2.60. The van der Waals surface area contributed by atoms with E-state index >= 15 is 0 Å². The van der Waals surface area contributed by atoms with Crippen LogP contribution in [-0.4, -0.2) is 18.7 Å². The average Bonchev–Trinajstić information content (AvgIpc) is 2.38. The molecule has 2 aromatic rings. The van der Waals surface area contributed by atoms with Crippen molar-refractivity contribution in [3.63, 3.8) is 0 Å². The number of halogens is 1. The molecule has 0 amide bonds. The lowest BCUT2D eigenvalue weighted by atomic mass is 10.1. The summed E-state index contributed by atoms with van der Waals surface area (Å²) in [4.78, 5) is 3.53. The molecule has 94 valence electrons. The second-order valence-corrected chi connectivity index (χ2v) is 3.89. The fraction of sp³-hybridized carbons (Fsp3) is 0.214. The first-order valence-corrected chi connectivity index (χ1v) is 5.75. The molecular formula is C14H15FN2O. The second kappa shape index (κ2) is 6.12. The molecular weight excluding hydrogens is 231 g/mol. The minimum absolute atomic E-state index is 0.491. The van der Waals surface area contributed by atoms with Gasteiger partial charge in [0.05, 0.1) is 6.61 Å². The maximum absolute atomic E-state index is 13.0. The molecule has 1 N–H and O–H groups in total. The van der Waals surface area contributed by atoms with Gasteiger partial charge in [0.2, 0.25) is 5.95 Å². The van der Waals surface area contributed by atoms with Crippen molar-refractivity contribution in [3.8, 4) is 0 Å².